The lowest BCUT2D eigenvalue weighted by atomic mass is 10.1. The Morgan fingerprint density at radius 1 is 1.45 bits per heavy atom. The molecule has 0 radical (unpaired) electrons. The van der Waals surface area contributed by atoms with Crippen LogP contribution in [-0.4, -0.2) is 30.1 Å². The van der Waals surface area contributed by atoms with Crippen molar-refractivity contribution in [2.45, 2.75) is 0 Å². The number of nitro groups is 1. The second-order valence-electron chi connectivity index (χ2n) is 3.57. The Bertz CT molecular complexity index is 563. The third-order valence-electron chi connectivity index (χ3n) is 2.20. The molecule has 0 fully saturated rings. The quantitative estimate of drug-likeness (QED) is 0.303. The second kappa shape index (κ2) is 6.31. The highest BCUT2D eigenvalue weighted by atomic mass is 19.1. The number of nitrogen functional groups attached to an aromatic ring is 1. The highest BCUT2D eigenvalue weighted by molar-refractivity contribution is 6.01. The van der Waals surface area contributed by atoms with Crippen LogP contribution in [0.15, 0.2) is 12.1 Å². The number of benzene rings is 1. The first-order valence-electron chi connectivity index (χ1n) is 5.26. The van der Waals surface area contributed by atoms with E-state index < -0.39 is 34.1 Å². The van der Waals surface area contributed by atoms with Crippen molar-refractivity contribution in [2.75, 3.05) is 18.9 Å². The third kappa shape index (κ3) is 3.80. The number of nitrogens with zero attached hydrogens (tertiary/aromatic N) is 1. The normalized spacial score (nSPS) is 9.85. The molecule has 5 N–H and O–H groups in total. The van der Waals surface area contributed by atoms with E-state index in [-0.39, 0.29) is 18.7 Å². The predicted octanol–water partition coefficient (Wildman–Crippen LogP) is 0.141. The van der Waals surface area contributed by atoms with Crippen LogP contribution >= 0.6 is 0 Å². The van der Waals surface area contributed by atoms with Crippen LogP contribution in [0, 0.1) is 15.9 Å². The van der Waals surface area contributed by atoms with Gasteiger partial charge in [0, 0.05) is 0 Å². The molecule has 0 saturated carbocycles. The average Bonchev–Trinajstić information content (AvgIpc) is 2.36. The number of nitrogens with two attached hydrogens (primary N) is 2. The van der Waals surface area contributed by atoms with Crippen molar-refractivity contribution in [3.8, 4) is 0 Å². The molecule has 1 rings (SSSR count). The number of nitro benzene ring substituents is 1. The molecular formula is C10H11FN4O5. The number of primary amides is 1. The van der Waals surface area contributed by atoms with E-state index in [1.165, 1.54) is 0 Å². The summed E-state index contributed by atoms with van der Waals surface area (Å²) in [5, 5.41) is 12.9. The summed E-state index contributed by atoms with van der Waals surface area (Å²) in [7, 11) is 0. The lowest BCUT2D eigenvalue weighted by Gasteiger charge is -2.08. The lowest BCUT2D eigenvalue weighted by Crippen LogP contribution is -2.29. The van der Waals surface area contributed by atoms with Crippen molar-refractivity contribution in [3.63, 3.8) is 0 Å². The maximum Gasteiger partial charge on any atom is 0.404 e. The van der Waals surface area contributed by atoms with Gasteiger partial charge in [-0.1, -0.05) is 0 Å². The molecule has 9 nitrogen and oxygen atoms in total. The Labute approximate surface area is 111 Å². The van der Waals surface area contributed by atoms with Crippen LogP contribution in [0.1, 0.15) is 10.4 Å². The molecule has 1 aromatic carbocycles. The summed E-state index contributed by atoms with van der Waals surface area (Å²) in [6, 6.07) is 1.38. The zero-order valence-electron chi connectivity index (χ0n) is 10.1. The molecule has 0 heterocycles. The minimum Gasteiger partial charge on any atom is -0.448 e. The maximum absolute atomic E-state index is 13.2. The molecule has 108 valence electrons. The van der Waals surface area contributed by atoms with E-state index in [1.807, 2.05) is 0 Å². The summed E-state index contributed by atoms with van der Waals surface area (Å²) in [4.78, 5) is 31.7. The maximum atomic E-state index is 13.2. The Kier molecular flexibility index (Phi) is 4.78. The van der Waals surface area contributed by atoms with Gasteiger partial charge in [-0.3, -0.25) is 14.9 Å². The fourth-order valence-corrected chi connectivity index (χ4v) is 1.35. The van der Waals surface area contributed by atoms with E-state index in [9.17, 15) is 24.1 Å². The number of anilines is 1. The van der Waals surface area contributed by atoms with Crippen molar-refractivity contribution in [3.05, 3.63) is 33.6 Å². The van der Waals surface area contributed by atoms with Crippen molar-refractivity contribution in [1.82, 2.24) is 5.32 Å². The van der Waals surface area contributed by atoms with Crippen LogP contribution in [0.3, 0.4) is 0 Å². The van der Waals surface area contributed by atoms with Crippen molar-refractivity contribution < 1.29 is 23.6 Å². The fraction of sp³-hybridized carbons (Fsp3) is 0.200. The number of rotatable bonds is 5. The number of ether oxygens (including phenoxy) is 1. The lowest BCUT2D eigenvalue weighted by molar-refractivity contribution is -0.384. The van der Waals surface area contributed by atoms with Gasteiger partial charge in [0.25, 0.3) is 11.6 Å². The summed E-state index contributed by atoms with van der Waals surface area (Å²) < 4.78 is 17.6. The van der Waals surface area contributed by atoms with E-state index >= 15 is 0 Å². The topological polar surface area (TPSA) is 151 Å². The molecule has 0 aliphatic carbocycles. The van der Waals surface area contributed by atoms with E-state index in [0.717, 1.165) is 6.07 Å². The molecule has 1 aromatic rings. The molecule has 0 aliphatic rings. The summed E-state index contributed by atoms with van der Waals surface area (Å²) in [5.74, 6) is -1.80. The summed E-state index contributed by atoms with van der Waals surface area (Å²) >= 11 is 0. The third-order valence-corrected chi connectivity index (χ3v) is 2.20. The molecular weight excluding hydrogens is 275 g/mol. The van der Waals surface area contributed by atoms with E-state index in [1.54, 1.807) is 0 Å². The number of hydrogen-bond acceptors (Lipinski definition) is 6. The predicted molar refractivity (Wildman–Crippen MR) is 65.3 cm³/mol. The van der Waals surface area contributed by atoms with Crippen molar-refractivity contribution in [2.24, 2.45) is 5.73 Å². The Morgan fingerprint density at radius 2 is 2.10 bits per heavy atom. The molecule has 0 bridgehead atoms. The molecule has 0 aromatic heterocycles. The second-order valence-corrected chi connectivity index (χ2v) is 3.57. The summed E-state index contributed by atoms with van der Waals surface area (Å²) in [6.07, 6.45) is -1.01. The number of halogens is 1. The highest BCUT2D eigenvalue weighted by Gasteiger charge is 2.21. The molecule has 0 saturated heterocycles. The first-order valence-corrected chi connectivity index (χ1v) is 5.26. The van der Waals surface area contributed by atoms with Gasteiger partial charge in [0.05, 0.1) is 23.1 Å². The molecule has 0 unspecified atom stereocenters. The van der Waals surface area contributed by atoms with Gasteiger partial charge in [-0.25, -0.2) is 9.18 Å². The molecule has 0 spiro atoms. The smallest absolute Gasteiger partial charge is 0.404 e. The Morgan fingerprint density at radius 3 is 2.65 bits per heavy atom. The van der Waals surface area contributed by atoms with Crippen molar-refractivity contribution in [1.29, 1.82) is 0 Å². The van der Waals surface area contributed by atoms with Gasteiger partial charge in [-0.05, 0) is 6.07 Å². The van der Waals surface area contributed by atoms with Crippen molar-refractivity contribution >= 4 is 23.4 Å². The zero-order valence-corrected chi connectivity index (χ0v) is 10.1. The average molecular weight is 286 g/mol. The van der Waals surface area contributed by atoms with Gasteiger partial charge >= 0.3 is 6.09 Å². The fourth-order valence-electron chi connectivity index (χ4n) is 1.35. The van der Waals surface area contributed by atoms with Gasteiger partial charge in [-0.15, -0.1) is 0 Å². The van der Waals surface area contributed by atoms with E-state index in [4.69, 9.17) is 11.5 Å². The monoisotopic (exact) mass is 286 g/mol. The van der Waals surface area contributed by atoms with Gasteiger partial charge in [0.1, 0.15) is 18.1 Å². The summed E-state index contributed by atoms with van der Waals surface area (Å²) in [6.45, 7) is -0.302. The number of hydrogen-bond donors (Lipinski definition) is 3. The SMILES string of the molecule is NC(=O)OCCNC(=O)c1cc(F)cc([N+](=O)[O-])c1N. The van der Waals surface area contributed by atoms with Gasteiger partial charge < -0.3 is 21.5 Å². The number of amides is 2. The van der Waals surface area contributed by atoms with Crippen LogP contribution in [0.5, 0.6) is 0 Å². The Balaban J connectivity index is 2.82. The van der Waals surface area contributed by atoms with Crippen LogP contribution < -0.4 is 16.8 Å². The van der Waals surface area contributed by atoms with Gasteiger partial charge in [0.15, 0.2) is 0 Å². The van der Waals surface area contributed by atoms with Gasteiger partial charge in [-0.2, -0.15) is 0 Å². The minimum absolute atomic E-state index is 0.106. The van der Waals surface area contributed by atoms with E-state index in [0.29, 0.717) is 6.07 Å². The first kappa shape index (κ1) is 15.1. The molecule has 0 atom stereocenters. The number of nitrogens with one attached hydrogen (secondary N) is 1. The highest BCUT2D eigenvalue weighted by Crippen LogP contribution is 2.26. The molecule has 20 heavy (non-hydrogen) atoms. The first-order chi connectivity index (χ1) is 9.32. The zero-order chi connectivity index (χ0) is 15.3. The van der Waals surface area contributed by atoms with Crippen LogP contribution in [0.2, 0.25) is 0 Å². The molecule has 2 amide bonds. The number of carbonyl (C=O) groups is 2. The summed E-state index contributed by atoms with van der Waals surface area (Å²) in [5.41, 5.74) is 8.59. The van der Waals surface area contributed by atoms with E-state index in [2.05, 4.69) is 10.1 Å². The minimum atomic E-state index is -1.01. The number of carbonyl (C=O) groups excluding carboxylic acids is 2. The largest absolute Gasteiger partial charge is 0.448 e. The van der Waals surface area contributed by atoms with Crippen LogP contribution in [-0.2, 0) is 4.74 Å². The van der Waals surface area contributed by atoms with Gasteiger partial charge in [0.2, 0.25) is 0 Å². The van der Waals surface area contributed by atoms with Crippen LogP contribution in [0.4, 0.5) is 20.6 Å². The Hall–Kier alpha value is -2.91. The van der Waals surface area contributed by atoms with Crippen LogP contribution in [0.25, 0.3) is 0 Å². The molecule has 10 heteroatoms. The molecule has 0 aliphatic heterocycles. The standard InChI is InChI=1S/C10H11FN4O5/c11-5-3-6(8(12)7(4-5)15(18)19)9(16)14-1-2-20-10(13)17/h3-4H,1-2,12H2,(H2,13,17)(H,14,16).